The molecule has 2 rings (SSSR count). The third-order valence-electron chi connectivity index (χ3n) is 2.32. The smallest absolute Gasteiger partial charge is 0.138 e. The van der Waals surface area contributed by atoms with Crippen molar-refractivity contribution < 1.29 is 5.11 Å². The van der Waals surface area contributed by atoms with E-state index in [0.717, 1.165) is 24.9 Å². The molecule has 0 radical (unpaired) electrons. The van der Waals surface area contributed by atoms with Gasteiger partial charge in [0, 0.05) is 17.1 Å². The molecule has 0 fully saturated rings. The number of aromatic hydroxyl groups is 1. The SMILES string of the molecule is [N-]=[N+]=Nc1ccc(O)c2c1CCCN2. The van der Waals surface area contributed by atoms with Crippen molar-refractivity contribution >= 4 is 11.4 Å². The van der Waals surface area contributed by atoms with E-state index in [4.69, 9.17) is 5.53 Å². The molecular weight excluding hydrogens is 180 g/mol. The van der Waals surface area contributed by atoms with Crippen molar-refractivity contribution in [3.63, 3.8) is 0 Å². The molecule has 0 aliphatic carbocycles. The lowest BCUT2D eigenvalue weighted by Crippen LogP contribution is -2.11. The molecule has 1 aliphatic heterocycles. The molecule has 0 unspecified atom stereocenters. The van der Waals surface area contributed by atoms with Crippen molar-refractivity contribution in [2.24, 2.45) is 5.11 Å². The summed E-state index contributed by atoms with van der Waals surface area (Å²) < 4.78 is 0. The molecule has 1 aliphatic rings. The average molecular weight is 190 g/mol. The summed E-state index contributed by atoms with van der Waals surface area (Å²) in [5, 5.41) is 16.2. The molecule has 0 saturated heterocycles. The van der Waals surface area contributed by atoms with Crippen molar-refractivity contribution in [2.75, 3.05) is 11.9 Å². The van der Waals surface area contributed by atoms with Crippen LogP contribution in [0.4, 0.5) is 11.4 Å². The zero-order chi connectivity index (χ0) is 9.97. The molecule has 0 aromatic heterocycles. The maximum absolute atomic E-state index is 9.55. The summed E-state index contributed by atoms with van der Waals surface area (Å²) >= 11 is 0. The summed E-state index contributed by atoms with van der Waals surface area (Å²) in [4.78, 5) is 2.76. The Hall–Kier alpha value is -1.87. The fraction of sp³-hybridized carbons (Fsp3) is 0.333. The Morgan fingerprint density at radius 3 is 3.14 bits per heavy atom. The largest absolute Gasteiger partial charge is 0.506 e. The quantitative estimate of drug-likeness (QED) is 0.309. The molecular formula is C9H10N4O. The number of benzene rings is 1. The van der Waals surface area contributed by atoms with Gasteiger partial charge in [-0.2, -0.15) is 0 Å². The first-order valence-electron chi connectivity index (χ1n) is 4.47. The Balaban J connectivity index is 2.58. The normalized spacial score (nSPS) is 13.7. The topological polar surface area (TPSA) is 81.0 Å². The molecule has 0 bridgehead atoms. The van der Waals surface area contributed by atoms with Crippen molar-refractivity contribution in [2.45, 2.75) is 12.8 Å². The van der Waals surface area contributed by atoms with Crippen LogP contribution in [0.5, 0.6) is 5.75 Å². The molecule has 0 amide bonds. The lowest BCUT2D eigenvalue weighted by molar-refractivity contribution is 0.475. The van der Waals surface area contributed by atoms with Crippen LogP contribution in [-0.2, 0) is 6.42 Å². The second-order valence-electron chi connectivity index (χ2n) is 3.18. The number of phenolic OH excluding ortho intramolecular Hbond substituents is 1. The maximum atomic E-state index is 9.55. The highest BCUT2D eigenvalue weighted by atomic mass is 16.3. The molecule has 5 heteroatoms. The van der Waals surface area contributed by atoms with Gasteiger partial charge in [0.15, 0.2) is 0 Å². The molecule has 1 aromatic rings. The number of hydrogen-bond acceptors (Lipinski definition) is 3. The number of azide groups is 1. The molecule has 2 N–H and O–H groups in total. The van der Waals surface area contributed by atoms with Crippen molar-refractivity contribution in [1.82, 2.24) is 0 Å². The van der Waals surface area contributed by atoms with Gasteiger partial charge < -0.3 is 10.4 Å². The lowest BCUT2D eigenvalue weighted by atomic mass is 10.0. The minimum atomic E-state index is 0.219. The molecule has 0 spiro atoms. The van der Waals surface area contributed by atoms with Gasteiger partial charge in [-0.3, -0.25) is 0 Å². The van der Waals surface area contributed by atoms with E-state index in [1.165, 1.54) is 0 Å². The molecule has 1 aromatic carbocycles. The zero-order valence-electron chi connectivity index (χ0n) is 7.56. The fourth-order valence-electron chi connectivity index (χ4n) is 1.70. The first kappa shape index (κ1) is 8.72. The van der Waals surface area contributed by atoms with E-state index in [0.29, 0.717) is 11.4 Å². The molecule has 14 heavy (non-hydrogen) atoms. The summed E-state index contributed by atoms with van der Waals surface area (Å²) in [6.45, 7) is 0.848. The zero-order valence-corrected chi connectivity index (χ0v) is 7.56. The number of rotatable bonds is 1. The second-order valence-corrected chi connectivity index (χ2v) is 3.18. The van der Waals surface area contributed by atoms with Crippen LogP contribution in [0.15, 0.2) is 17.2 Å². The summed E-state index contributed by atoms with van der Waals surface area (Å²) in [7, 11) is 0. The number of anilines is 1. The third-order valence-corrected chi connectivity index (χ3v) is 2.32. The average Bonchev–Trinajstić information content (AvgIpc) is 2.23. The minimum Gasteiger partial charge on any atom is -0.506 e. The number of nitrogens with zero attached hydrogens (tertiary/aromatic N) is 3. The van der Waals surface area contributed by atoms with Gasteiger partial charge in [-0.15, -0.1) is 0 Å². The highest BCUT2D eigenvalue weighted by molar-refractivity contribution is 5.71. The Labute approximate surface area is 81.0 Å². The Bertz CT molecular complexity index is 410. The highest BCUT2D eigenvalue weighted by Crippen LogP contribution is 2.37. The monoisotopic (exact) mass is 190 g/mol. The van der Waals surface area contributed by atoms with Crippen molar-refractivity contribution in [1.29, 1.82) is 0 Å². The summed E-state index contributed by atoms with van der Waals surface area (Å²) in [6.07, 6.45) is 1.83. The standard InChI is InChI=1S/C9H10N4O/c10-13-12-7-3-4-8(14)9-6(7)2-1-5-11-9/h3-4,11,14H,1-2,5H2. The Morgan fingerprint density at radius 1 is 1.50 bits per heavy atom. The van der Waals surface area contributed by atoms with Gasteiger partial charge in [-0.05, 0) is 36.1 Å². The van der Waals surface area contributed by atoms with Gasteiger partial charge in [0.1, 0.15) is 5.75 Å². The van der Waals surface area contributed by atoms with Gasteiger partial charge in [-0.1, -0.05) is 5.11 Å². The predicted octanol–water partition coefficient (Wildman–Crippen LogP) is 2.69. The van der Waals surface area contributed by atoms with E-state index < -0.39 is 0 Å². The molecule has 1 heterocycles. The van der Waals surface area contributed by atoms with Crippen molar-refractivity contribution in [3.05, 3.63) is 28.1 Å². The van der Waals surface area contributed by atoms with E-state index in [9.17, 15) is 5.11 Å². The second kappa shape index (κ2) is 3.47. The fourth-order valence-corrected chi connectivity index (χ4v) is 1.70. The number of fused-ring (bicyclic) bond motifs is 1. The van der Waals surface area contributed by atoms with Crippen LogP contribution in [0, 0.1) is 0 Å². The Morgan fingerprint density at radius 2 is 2.36 bits per heavy atom. The number of phenols is 1. The van der Waals surface area contributed by atoms with Crippen LogP contribution in [-0.4, -0.2) is 11.7 Å². The Kier molecular flexibility index (Phi) is 2.16. The number of nitrogens with one attached hydrogen (secondary N) is 1. The summed E-state index contributed by atoms with van der Waals surface area (Å²) in [5.74, 6) is 0.219. The summed E-state index contributed by atoms with van der Waals surface area (Å²) in [5.41, 5.74) is 10.6. The first-order chi connectivity index (χ1) is 6.83. The van der Waals surface area contributed by atoms with E-state index >= 15 is 0 Å². The molecule has 0 atom stereocenters. The van der Waals surface area contributed by atoms with Gasteiger partial charge >= 0.3 is 0 Å². The van der Waals surface area contributed by atoms with E-state index in [2.05, 4.69) is 15.3 Å². The van der Waals surface area contributed by atoms with E-state index in [1.54, 1.807) is 12.1 Å². The maximum Gasteiger partial charge on any atom is 0.138 e. The molecule has 0 saturated carbocycles. The van der Waals surface area contributed by atoms with E-state index in [1.807, 2.05) is 0 Å². The van der Waals surface area contributed by atoms with Crippen molar-refractivity contribution in [3.8, 4) is 5.75 Å². The van der Waals surface area contributed by atoms with Crippen LogP contribution < -0.4 is 5.32 Å². The van der Waals surface area contributed by atoms with Crippen LogP contribution >= 0.6 is 0 Å². The third kappa shape index (κ3) is 1.34. The first-order valence-corrected chi connectivity index (χ1v) is 4.47. The van der Waals surface area contributed by atoms with Gasteiger partial charge in [0.05, 0.1) is 5.69 Å². The van der Waals surface area contributed by atoms with Gasteiger partial charge in [0.25, 0.3) is 0 Å². The minimum absolute atomic E-state index is 0.219. The van der Waals surface area contributed by atoms with E-state index in [-0.39, 0.29) is 5.75 Å². The van der Waals surface area contributed by atoms with Crippen LogP contribution in [0.1, 0.15) is 12.0 Å². The predicted molar refractivity (Wildman–Crippen MR) is 53.7 cm³/mol. The van der Waals surface area contributed by atoms with Gasteiger partial charge in [0.2, 0.25) is 0 Å². The lowest BCUT2D eigenvalue weighted by Gasteiger charge is -2.20. The summed E-state index contributed by atoms with van der Waals surface area (Å²) in [6, 6.07) is 3.18. The molecule has 5 nitrogen and oxygen atoms in total. The van der Waals surface area contributed by atoms with Crippen LogP contribution in [0.25, 0.3) is 10.4 Å². The number of hydrogen-bond donors (Lipinski definition) is 2. The highest BCUT2D eigenvalue weighted by Gasteiger charge is 2.15. The van der Waals surface area contributed by atoms with Gasteiger partial charge in [-0.25, -0.2) is 0 Å². The van der Waals surface area contributed by atoms with Crippen LogP contribution in [0.3, 0.4) is 0 Å². The van der Waals surface area contributed by atoms with Crippen LogP contribution in [0.2, 0.25) is 0 Å². The molecule has 72 valence electrons.